The molecule has 0 aliphatic heterocycles. The summed E-state index contributed by atoms with van der Waals surface area (Å²) in [5, 5.41) is 0. The molecule has 11 heavy (non-hydrogen) atoms. The fourth-order valence-corrected chi connectivity index (χ4v) is 1.10. The maximum atomic E-state index is 5.90. The molecule has 0 aliphatic carbocycles. The van der Waals surface area contributed by atoms with Gasteiger partial charge in [-0.25, -0.2) is 0 Å². The van der Waals surface area contributed by atoms with Crippen molar-refractivity contribution in [2.45, 2.75) is 53.0 Å². The zero-order chi connectivity index (χ0) is 8.85. The van der Waals surface area contributed by atoms with E-state index in [1.807, 2.05) is 0 Å². The normalized spacial score (nSPS) is 14.5. The molecule has 1 atom stereocenters. The van der Waals surface area contributed by atoms with Gasteiger partial charge in [0.15, 0.2) is 0 Å². The summed E-state index contributed by atoms with van der Waals surface area (Å²) in [6.07, 6.45) is 3.80. The largest absolute Gasteiger partial charge is 0.327 e. The first-order valence-corrected chi connectivity index (χ1v) is 4.79. The second-order valence-corrected chi connectivity index (χ2v) is 4.23. The summed E-state index contributed by atoms with van der Waals surface area (Å²) in [5.41, 5.74) is 5.90. The van der Waals surface area contributed by atoms with Gasteiger partial charge in [-0.15, -0.1) is 0 Å². The summed E-state index contributed by atoms with van der Waals surface area (Å²) in [6.45, 7) is 8.92. The molecule has 0 aliphatic rings. The Hall–Kier alpha value is -0.0400. The second kappa shape index (κ2) is 5.59. The van der Waals surface area contributed by atoms with Crippen molar-refractivity contribution in [1.29, 1.82) is 0 Å². The van der Waals surface area contributed by atoms with Crippen molar-refractivity contribution < 1.29 is 0 Å². The van der Waals surface area contributed by atoms with E-state index in [9.17, 15) is 0 Å². The molecular weight excluding hydrogens is 134 g/mol. The lowest BCUT2D eigenvalue weighted by molar-refractivity contribution is 0.425. The molecule has 1 nitrogen and oxygen atoms in total. The maximum absolute atomic E-state index is 5.90. The minimum atomic E-state index is 0.411. The van der Waals surface area contributed by atoms with E-state index in [0.717, 1.165) is 5.92 Å². The monoisotopic (exact) mass is 157 g/mol. The lowest BCUT2D eigenvalue weighted by Gasteiger charge is -2.15. The summed E-state index contributed by atoms with van der Waals surface area (Å²) in [5.74, 6) is 1.47. The third kappa shape index (κ3) is 6.36. The topological polar surface area (TPSA) is 26.0 Å². The minimum absolute atomic E-state index is 0.411. The summed E-state index contributed by atoms with van der Waals surface area (Å²) < 4.78 is 0. The van der Waals surface area contributed by atoms with E-state index < -0.39 is 0 Å². The van der Waals surface area contributed by atoms with Crippen LogP contribution in [0.2, 0.25) is 0 Å². The zero-order valence-electron chi connectivity index (χ0n) is 8.43. The van der Waals surface area contributed by atoms with E-state index in [1.54, 1.807) is 0 Å². The second-order valence-electron chi connectivity index (χ2n) is 4.23. The SMILES string of the molecule is CC(C)CCCC(N)C(C)C. The molecule has 1 unspecified atom stereocenters. The minimum Gasteiger partial charge on any atom is -0.327 e. The highest BCUT2D eigenvalue weighted by Crippen LogP contribution is 2.11. The van der Waals surface area contributed by atoms with E-state index in [-0.39, 0.29) is 0 Å². The Labute approximate surface area is 71.4 Å². The fourth-order valence-electron chi connectivity index (χ4n) is 1.10. The Morgan fingerprint density at radius 2 is 1.55 bits per heavy atom. The quantitative estimate of drug-likeness (QED) is 0.652. The van der Waals surface area contributed by atoms with Gasteiger partial charge in [-0.05, 0) is 18.3 Å². The lowest BCUT2D eigenvalue weighted by Crippen LogP contribution is -2.26. The van der Waals surface area contributed by atoms with Gasteiger partial charge in [0.2, 0.25) is 0 Å². The molecular formula is C10H23N. The van der Waals surface area contributed by atoms with Crippen LogP contribution in [0.1, 0.15) is 47.0 Å². The molecule has 0 amide bonds. The molecule has 0 saturated carbocycles. The van der Waals surface area contributed by atoms with Crippen LogP contribution in [0.15, 0.2) is 0 Å². The van der Waals surface area contributed by atoms with Crippen LogP contribution < -0.4 is 5.73 Å². The Kier molecular flexibility index (Phi) is 5.57. The number of hydrogen-bond acceptors (Lipinski definition) is 1. The Balaban J connectivity index is 3.24. The van der Waals surface area contributed by atoms with Crippen LogP contribution in [-0.2, 0) is 0 Å². The van der Waals surface area contributed by atoms with Gasteiger partial charge in [-0.2, -0.15) is 0 Å². The van der Waals surface area contributed by atoms with Crippen LogP contribution in [0.3, 0.4) is 0 Å². The van der Waals surface area contributed by atoms with Crippen LogP contribution in [0, 0.1) is 11.8 Å². The predicted octanol–water partition coefficient (Wildman–Crippen LogP) is 2.80. The van der Waals surface area contributed by atoms with Crippen LogP contribution in [0.5, 0.6) is 0 Å². The van der Waals surface area contributed by atoms with Crippen LogP contribution >= 0.6 is 0 Å². The molecule has 0 aromatic rings. The summed E-state index contributed by atoms with van der Waals surface area (Å²) >= 11 is 0. The molecule has 1 heteroatoms. The Morgan fingerprint density at radius 3 is 1.91 bits per heavy atom. The molecule has 68 valence electrons. The molecule has 0 heterocycles. The zero-order valence-corrected chi connectivity index (χ0v) is 8.43. The van der Waals surface area contributed by atoms with Gasteiger partial charge in [-0.1, -0.05) is 40.5 Å². The van der Waals surface area contributed by atoms with Gasteiger partial charge >= 0.3 is 0 Å². The molecule has 0 spiro atoms. The van der Waals surface area contributed by atoms with E-state index in [4.69, 9.17) is 5.73 Å². The van der Waals surface area contributed by atoms with Crippen molar-refractivity contribution in [2.24, 2.45) is 17.6 Å². The van der Waals surface area contributed by atoms with Crippen molar-refractivity contribution in [3.05, 3.63) is 0 Å². The van der Waals surface area contributed by atoms with Crippen molar-refractivity contribution in [3.8, 4) is 0 Å². The van der Waals surface area contributed by atoms with E-state index >= 15 is 0 Å². The average Bonchev–Trinajstić information content (AvgIpc) is 1.86. The summed E-state index contributed by atoms with van der Waals surface area (Å²) in [4.78, 5) is 0. The maximum Gasteiger partial charge on any atom is 0.00618 e. The van der Waals surface area contributed by atoms with Gasteiger partial charge in [0.25, 0.3) is 0 Å². The Bertz CT molecular complexity index is 86.9. The van der Waals surface area contributed by atoms with Crippen molar-refractivity contribution in [2.75, 3.05) is 0 Å². The van der Waals surface area contributed by atoms with Gasteiger partial charge in [-0.3, -0.25) is 0 Å². The molecule has 0 aromatic carbocycles. The lowest BCUT2D eigenvalue weighted by atomic mass is 9.97. The van der Waals surface area contributed by atoms with Gasteiger partial charge < -0.3 is 5.73 Å². The molecule has 0 saturated heterocycles. The molecule has 0 fully saturated rings. The standard InChI is InChI=1S/C10H23N/c1-8(2)6-5-7-10(11)9(3)4/h8-10H,5-7,11H2,1-4H3. The third-order valence-corrected chi connectivity index (χ3v) is 2.18. The number of rotatable bonds is 5. The first-order chi connectivity index (χ1) is 5.04. The van der Waals surface area contributed by atoms with Crippen LogP contribution in [-0.4, -0.2) is 6.04 Å². The fraction of sp³-hybridized carbons (Fsp3) is 1.00. The van der Waals surface area contributed by atoms with E-state index in [0.29, 0.717) is 12.0 Å². The average molecular weight is 157 g/mol. The van der Waals surface area contributed by atoms with Crippen molar-refractivity contribution in [1.82, 2.24) is 0 Å². The molecule has 0 radical (unpaired) electrons. The van der Waals surface area contributed by atoms with Crippen molar-refractivity contribution >= 4 is 0 Å². The molecule has 0 bridgehead atoms. The number of hydrogen-bond donors (Lipinski definition) is 1. The van der Waals surface area contributed by atoms with Gasteiger partial charge in [0, 0.05) is 6.04 Å². The summed E-state index contributed by atoms with van der Waals surface area (Å²) in [6, 6.07) is 0.411. The summed E-state index contributed by atoms with van der Waals surface area (Å²) in [7, 11) is 0. The first-order valence-electron chi connectivity index (χ1n) is 4.79. The van der Waals surface area contributed by atoms with E-state index in [1.165, 1.54) is 19.3 Å². The highest BCUT2D eigenvalue weighted by atomic mass is 14.6. The molecule has 0 rings (SSSR count). The third-order valence-electron chi connectivity index (χ3n) is 2.18. The van der Waals surface area contributed by atoms with Gasteiger partial charge in [0.1, 0.15) is 0 Å². The van der Waals surface area contributed by atoms with Crippen LogP contribution in [0.25, 0.3) is 0 Å². The first kappa shape index (κ1) is 11.0. The van der Waals surface area contributed by atoms with Gasteiger partial charge in [0.05, 0.1) is 0 Å². The number of nitrogens with two attached hydrogens (primary N) is 1. The highest BCUT2D eigenvalue weighted by molar-refractivity contribution is 4.65. The van der Waals surface area contributed by atoms with Crippen molar-refractivity contribution in [3.63, 3.8) is 0 Å². The predicted molar refractivity (Wildman–Crippen MR) is 51.5 cm³/mol. The molecule has 2 N–H and O–H groups in total. The smallest absolute Gasteiger partial charge is 0.00618 e. The van der Waals surface area contributed by atoms with Crippen LogP contribution in [0.4, 0.5) is 0 Å². The van der Waals surface area contributed by atoms with E-state index in [2.05, 4.69) is 27.7 Å². The Morgan fingerprint density at radius 1 is 1.00 bits per heavy atom. The highest BCUT2D eigenvalue weighted by Gasteiger charge is 2.06. The molecule has 0 aromatic heterocycles.